The first-order valence-corrected chi connectivity index (χ1v) is 7.35. The van der Waals surface area contributed by atoms with E-state index in [0.29, 0.717) is 13.2 Å². The van der Waals surface area contributed by atoms with E-state index in [1.54, 1.807) is 0 Å². The molecule has 0 bridgehead atoms. The van der Waals surface area contributed by atoms with Gasteiger partial charge in [-0.25, -0.2) is 0 Å². The minimum absolute atomic E-state index is 0.169. The Balaban J connectivity index is 1.93. The lowest BCUT2D eigenvalue weighted by Crippen LogP contribution is -2.17. The Morgan fingerprint density at radius 3 is 2.40 bits per heavy atom. The van der Waals surface area contributed by atoms with Crippen LogP contribution in [0.2, 0.25) is 0 Å². The summed E-state index contributed by atoms with van der Waals surface area (Å²) < 4.78 is 12.2. The third-order valence-electron chi connectivity index (χ3n) is 3.47. The third kappa shape index (κ3) is 2.53. The first kappa shape index (κ1) is 13.5. The molecule has 0 spiro atoms. The summed E-state index contributed by atoms with van der Waals surface area (Å²) in [7, 11) is 0. The standard InChI is InChI=1S/C16H16BrNO2/c1-10-8-11(2-4-13(10)17)16(18)12-3-5-14-15(9-12)20-7-6-19-14/h2-5,8-9,16H,6-7,18H2,1H3. The molecular formula is C16H16BrNO2. The van der Waals surface area contributed by atoms with E-state index in [4.69, 9.17) is 15.2 Å². The van der Waals surface area contributed by atoms with Crippen LogP contribution in [-0.2, 0) is 0 Å². The Labute approximate surface area is 126 Å². The van der Waals surface area contributed by atoms with Gasteiger partial charge in [0.05, 0.1) is 6.04 Å². The quantitative estimate of drug-likeness (QED) is 0.913. The van der Waals surface area contributed by atoms with Gasteiger partial charge in [0.25, 0.3) is 0 Å². The monoisotopic (exact) mass is 333 g/mol. The lowest BCUT2D eigenvalue weighted by Gasteiger charge is -2.21. The van der Waals surface area contributed by atoms with Crippen molar-refractivity contribution in [1.82, 2.24) is 0 Å². The molecule has 0 aliphatic carbocycles. The van der Waals surface area contributed by atoms with E-state index < -0.39 is 0 Å². The highest BCUT2D eigenvalue weighted by atomic mass is 79.9. The summed E-state index contributed by atoms with van der Waals surface area (Å²) in [5.74, 6) is 1.57. The summed E-state index contributed by atoms with van der Waals surface area (Å²) in [4.78, 5) is 0. The second kappa shape index (κ2) is 5.46. The van der Waals surface area contributed by atoms with Gasteiger partial charge in [-0.3, -0.25) is 0 Å². The molecule has 1 heterocycles. The number of nitrogens with two attached hydrogens (primary N) is 1. The summed E-state index contributed by atoms with van der Waals surface area (Å²) >= 11 is 3.51. The van der Waals surface area contributed by atoms with Gasteiger partial charge in [-0.2, -0.15) is 0 Å². The predicted octanol–water partition coefficient (Wildman–Crippen LogP) is 3.58. The molecule has 0 fully saturated rings. The third-order valence-corrected chi connectivity index (χ3v) is 4.36. The van der Waals surface area contributed by atoms with E-state index in [-0.39, 0.29) is 6.04 Å². The van der Waals surface area contributed by atoms with E-state index in [0.717, 1.165) is 27.1 Å². The average molecular weight is 334 g/mol. The first-order valence-electron chi connectivity index (χ1n) is 6.56. The number of ether oxygens (including phenoxy) is 2. The number of aryl methyl sites for hydroxylation is 1. The molecule has 0 radical (unpaired) electrons. The molecule has 4 heteroatoms. The normalized spacial score (nSPS) is 14.9. The predicted molar refractivity (Wildman–Crippen MR) is 82.3 cm³/mol. The summed E-state index contributed by atoms with van der Waals surface area (Å²) in [5.41, 5.74) is 9.64. The number of halogens is 1. The zero-order chi connectivity index (χ0) is 14.1. The van der Waals surface area contributed by atoms with E-state index in [1.165, 1.54) is 5.56 Å². The largest absolute Gasteiger partial charge is 0.486 e. The van der Waals surface area contributed by atoms with Crippen LogP contribution in [0.1, 0.15) is 22.7 Å². The maximum atomic E-state index is 6.36. The minimum Gasteiger partial charge on any atom is -0.486 e. The molecule has 2 N–H and O–H groups in total. The summed E-state index contributed by atoms with van der Waals surface area (Å²) in [6, 6.07) is 11.9. The maximum absolute atomic E-state index is 6.36. The van der Waals surface area contributed by atoms with Crippen LogP contribution in [0.3, 0.4) is 0 Å². The summed E-state index contributed by atoms with van der Waals surface area (Å²) in [6.07, 6.45) is 0. The highest BCUT2D eigenvalue weighted by Crippen LogP contribution is 2.34. The fourth-order valence-electron chi connectivity index (χ4n) is 2.31. The topological polar surface area (TPSA) is 44.5 Å². The van der Waals surface area contributed by atoms with Gasteiger partial charge in [-0.15, -0.1) is 0 Å². The Hall–Kier alpha value is -1.52. The Morgan fingerprint density at radius 2 is 1.65 bits per heavy atom. The van der Waals surface area contributed by atoms with Gasteiger partial charge in [0.2, 0.25) is 0 Å². The molecule has 2 aromatic carbocycles. The number of benzene rings is 2. The van der Waals surface area contributed by atoms with Crippen molar-refractivity contribution in [2.45, 2.75) is 13.0 Å². The molecule has 20 heavy (non-hydrogen) atoms. The fraction of sp³-hybridized carbons (Fsp3) is 0.250. The second-order valence-corrected chi connectivity index (χ2v) is 5.74. The van der Waals surface area contributed by atoms with Crippen molar-refractivity contribution in [2.24, 2.45) is 5.73 Å². The van der Waals surface area contributed by atoms with Gasteiger partial charge in [0.15, 0.2) is 11.5 Å². The average Bonchev–Trinajstić information content (AvgIpc) is 2.49. The van der Waals surface area contributed by atoms with Crippen molar-refractivity contribution >= 4 is 15.9 Å². The first-order chi connectivity index (χ1) is 9.65. The number of hydrogen-bond donors (Lipinski definition) is 1. The van der Waals surface area contributed by atoms with Crippen molar-refractivity contribution in [1.29, 1.82) is 0 Å². The molecule has 1 unspecified atom stereocenters. The number of fused-ring (bicyclic) bond motifs is 1. The highest BCUT2D eigenvalue weighted by Gasteiger charge is 2.16. The smallest absolute Gasteiger partial charge is 0.161 e. The molecule has 0 saturated carbocycles. The fourth-order valence-corrected chi connectivity index (χ4v) is 2.55. The highest BCUT2D eigenvalue weighted by molar-refractivity contribution is 9.10. The molecule has 2 aromatic rings. The van der Waals surface area contributed by atoms with E-state index in [1.807, 2.05) is 30.3 Å². The van der Waals surface area contributed by atoms with Crippen LogP contribution < -0.4 is 15.2 Å². The van der Waals surface area contributed by atoms with Crippen LogP contribution in [0.4, 0.5) is 0 Å². The van der Waals surface area contributed by atoms with E-state index in [9.17, 15) is 0 Å². The molecule has 0 aromatic heterocycles. The van der Waals surface area contributed by atoms with Gasteiger partial charge < -0.3 is 15.2 Å². The van der Waals surface area contributed by atoms with Crippen LogP contribution in [0.5, 0.6) is 11.5 Å². The molecule has 1 atom stereocenters. The van der Waals surface area contributed by atoms with E-state index >= 15 is 0 Å². The molecule has 3 rings (SSSR count). The van der Waals surface area contributed by atoms with Gasteiger partial charge >= 0.3 is 0 Å². The van der Waals surface area contributed by atoms with Crippen molar-refractivity contribution < 1.29 is 9.47 Å². The molecule has 3 nitrogen and oxygen atoms in total. The molecule has 104 valence electrons. The van der Waals surface area contributed by atoms with Crippen molar-refractivity contribution in [3.8, 4) is 11.5 Å². The van der Waals surface area contributed by atoms with Crippen molar-refractivity contribution in [2.75, 3.05) is 13.2 Å². The second-order valence-electron chi connectivity index (χ2n) is 4.89. The minimum atomic E-state index is -0.169. The van der Waals surface area contributed by atoms with Crippen LogP contribution in [-0.4, -0.2) is 13.2 Å². The Kier molecular flexibility index (Phi) is 3.68. The van der Waals surface area contributed by atoms with Crippen LogP contribution in [0.15, 0.2) is 40.9 Å². The molecule has 1 aliphatic rings. The van der Waals surface area contributed by atoms with Crippen LogP contribution >= 0.6 is 15.9 Å². The zero-order valence-electron chi connectivity index (χ0n) is 11.2. The summed E-state index contributed by atoms with van der Waals surface area (Å²) in [6.45, 7) is 3.25. The number of hydrogen-bond acceptors (Lipinski definition) is 3. The van der Waals surface area contributed by atoms with Crippen LogP contribution in [0, 0.1) is 6.92 Å². The van der Waals surface area contributed by atoms with Crippen molar-refractivity contribution in [3.05, 3.63) is 57.6 Å². The van der Waals surface area contributed by atoms with Gasteiger partial charge in [0.1, 0.15) is 13.2 Å². The number of rotatable bonds is 2. The Morgan fingerprint density at radius 1 is 1.00 bits per heavy atom. The SMILES string of the molecule is Cc1cc(C(N)c2ccc3c(c2)OCCO3)ccc1Br. The molecule has 0 amide bonds. The van der Waals surface area contributed by atoms with Crippen molar-refractivity contribution in [3.63, 3.8) is 0 Å². The molecule has 1 aliphatic heterocycles. The lowest BCUT2D eigenvalue weighted by atomic mass is 9.98. The van der Waals surface area contributed by atoms with Gasteiger partial charge in [-0.1, -0.05) is 34.1 Å². The van der Waals surface area contributed by atoms with Gasteiger partial charge in [-0.05, 0) is 41.8 Å². The molecular weight excluding hydrogens is 318 g/mol. The van der Waals surface area contributed by atoms with E-state index in [2.05, 4.69) is 28.9 Å². The van der Waals surface area contributed by atoms with Crippen LogP contribution in [0.25, 0.3) is 0 Å². The van der Waals surface area contributed by atoms with Gasteiger partial charge in [0, 0.05) is 4.47 Å². The lowest BCUT2D eigenvalue weighted by molar-refractivity contribution is 0.171. The Bertz CT molecular complexity index is 642. The molecule has 0 saturated heterocycles. The summed E-state index contributed by atoms with van der Waals surface area (Å²) in [5, 5.41) is 0. The maximum Gasteiger partial charge on any atom is 0.161 e. The zero-order valence-corrected chi connectivity index (χ0v) is 12.8.